The highest BCUT2D eigenvalue weighted by molar-refractivity contribution is 7.92. The number of anilines is 1. The molecule has 0 amide bonds. The summed E-state index contributed by atoms with van der Waals surface area (Å²) >= 11 is 5.99. The Morgan fingerprint density at radius 1 is 1.06 bits per heavy atom. The highest BCUT2D eigenvalue weighted by Gasteiger charge is 2.15. The number of hydrogen-bond acceptors (Lipinski definition) is 6. The van der Waals surface area contributed by atoms with Gasteiger partial charge >= 0.3 is 5.97 Å². The van der Waals surface area contributed by atoms with Crippen LogP contribution < -0.4 is 9.46 Å². The van der Waals surface area contributed by atoms with Crippen molar-refractivity contribution in [3.8, 4) is 17.6 Å². The molecule has 7 nitrogen and oxygen atoms in total. The SMILES string of the molecule is CCOC(=O)Cc1ccc(NS(=O)(=O)c2ccc(Oc3cccc(Cl)c3C#N)cc2)cc1. The van der Waals surface area contributed by atoms with Crippen LogP contribution in [0.4, 0.5) is 5.69 Å². The van der Waals surface area contributed by atoms with Gasteiger partial charge in [-0.25, -0.2) is 8.42 Å². The fraction of sp³-hybridized carbons (Fsp3) is 0.130. The number of carbonyl (C=O) groups is 1. The normalized spacial score (nSPS) is 10.8. The van der Waals surface area contributed by atoms with Crippen LogP contribution in [0.1, 0.15) is 18.1 Å². The number of nitrogens with one attached hydrogen (secondary N) is 1. The van der Waals surface area contributed by atoms with Gasteiger partial charge in [0.15, 0.2) is 0 Å². The number of benzene rings is 3. The fourth-order valence-electron chi connectivity index (χ4n) is 2.80. The first kappa shape index (κ1) is 23.1. The van der Waals surface area contributed by atoms with Crippen molar-refractivity contribution < 1.29 is 22.7 Å². The van der Waals surface area contributed by atoms with Gasteiger partial charge in [-0.1, -0.05) is 29.8 Å². The van der Waals surface area contributed by atoms with E-state index < -0.39 is 10.0 Å². The zero-order valence-corrected chi connectivity index (χ0v) is 18.6. The van der Waals surface area contributed by atoms with Crippen LogP contribution in [0.3, 0.4) is 0 Å². The minimum absolute atomic E-state index is 0.0343. The lowest BCUT2D eigenvalue weighted by Gasteiger charge is -2.11. The van der Waals surface area contributed by atoms with Gasteiger partial charge in [0.05, 0.1) is 22.9 Å². The lowest BCUT2D eigenvalue weighted by molar-refractivity contribution is -0.142. The number of nitrogens with zero attached hydrogens (tertiary/aromatic N) is 1. The van der Waals surface area contributed by atoms with Gasteiger partial charge in [0.25, 0.3) is 10.0 Å². The Morgan fingerprint density at radius 2 is 1.75 bits per heavy atom. The average molecular weight is 471 g/mol. The van der Waals surface area contributed by atoms with E-state index in [1.54, 1.807) is 49.4 Å². The van der Waals surface area contributed by atoms with E-state index in [9.17, 15) is 18.5 Å². The van der Waals surface area contributed by atoms with Crippen molar-refractivity contribution in [1.82, 2.24) is 0 Å². The number of nitriles is 1. The number of halogens is 1. The summed E-state index contributed by atoms with van der Waals surface area (Å²) in [4.78, 5) is 11.6. The molecule has 0 radical (unpaired) electrons. The quantitative estimate of drug-likeness (QED) is 0.469. The van der Waals surface area contributed by atoms with Crippen molar-refractivity contribution in [2.75, 3.05) is 11.3 Å². The average Bonchev–Trinajstić information content (AvgIpc) is 2.76. The second-order valence-corrected chi connectivity index (χ2v) is 8.67. The number of rotatable bonds is 8. The molecule has 0 fully saturated rings. The number of sulfonamides is 1. The van der Waals surface area contributed by atoms with Gasteiger partial charge in [0.2, 0.25) is 0 Å². The predicted octanol–water partition coefficient (Wildman–Crippen LogP) is 4.91. The highest BCUT2D eigenvalue weighted by atomic mass is 35.5. The number of hydrogen-bond donors (Lipinski definition) is 1. The molecule has 0 aliphatic rings. The molecule has 0 saturated heterocycles. The third kappa shape index (κ3) is 5.78. The van der Waals surface area contributed by atoms with Gasteiger partial charge in [0.1, 0.15) is 23.1 Å². The van der Waals surface area contributed by atoms with Gasteiger partial charge in [-0.05, 0) is 61.0 Å². The van der Waals surface area contributed by atoms with E-state index in [1.807, 2.05) is 6.07 Å². The van der Waals surface area contributed by atoms with Crippen molar-refractivity contribution in [1.29, 1.82) is 5.26 Å². The van der Waals surface area contributed by atoms with E-state index in [0.717, 1.165) is 0 Å². The smallest absolute Gasteiger partial charge is 0.310 e. The molecule has 0 aromatic heterocycles. The Morgan fingerprint density at radius 3 is 2.38 bits per heavy atom. The molecule has 0 heterocycles. The van der Waals surface area contributed by atoms with Crippen LogP contribution in [0.15, 0.2) is 71.6 Å². The van der Waals surface area contributed by atoms with Crippen molar-refractivity contribution in [2.24, 2.45) is 0 Å². The summed E-state index contributed by atoms with van der Waals surface area (Å²) in [6.45, 7) is 2.04. The van der Waals surface area contributed by atoms with Crippen molar-refractivity contribution in [2.45, 2.75) is 18.2 Å². The largest absolute Gasteiger partial charge is 0.466 e. The summed E-state index contributed by atoms with van der Waals surface area (Å²) in [7, 11) is -3.84. The Bertz CT molecular complexity index is 1250. The topological polar surface area (TPSA) is 105 Å². The van der Waals surface area contributed by atoms with E-state index in [4.69, 9.17) is 21.1 Å². The molecule has 0 spiro atoms. The molecule has 0 aliphatic carbocycles. The predicted molar refractivity (Wildman–Crippen MR) is 120 cm³/mol. The number of carbonyl (C=O) groups excluding carboxylic acids is 1. The lowest BCUT2D eigenvalue weighted by atomic mass is 10.1. The molecule has 0 bridgehead atoms. The summed E-state index contributed by atoms with van der Waals surface area (Å²) in [6, 6.07) is 19.0. The van der Waals surface area contributed by atoms with Gasteiger partial charge in [-0.2, -0.15) is 5.26 Å². The molecule has 3 aromatic carbocycles. The number of esters is 1. The van der Waals surface area contributed by atoms with E-state index >= 15 is 0 Å². The molecule has 1 N–H and O–H groups in total. The summed E-state index contributed by atoms with van der Waals surface area (Å²) in [5.74, 6) is 0.283. The third-order valence-corrected chi connectivity index (χ3v) is 6.02. The summed E-state index contributed by atoms with van der Waals surface area (Å²) in [6.07, 6.45) is 0.114. The summed E-state index contributed by atoms with van der Waals surface area (Å²) in [5, 5.41) is 9.49. The van der Waals surface area contributed by atoms with Crippen LogP contribution in [-0.2, 0) is 26.0 Å². The molecule has 0 aliphatic heterocycles. The molecular formula is C23H19ClN2O5S. The lowest BCUT2D eigenvalue weighted by Crippen LogP contribution is -2.13. The van der Waals surface area contributed by atoms with Gasteiger partial charge < -0.3 is 9.47 Å². The zero-order chi connectivity index (χ0) is 23.1. The first-order valence-electron chi connectivity index (χ1n) is 9.56. The Kier molecular flexibility index (Phi) is 7.36. The molecule has 9 heteroatoms. The molecule has 0 saturated carbocycles. The van der Waals surface area contributed by atoms with Gasteiger partial charge in [-0.15, -0.1) is 0 Å². The van der Waals surface area contributed by atoms with Gasteiger partial charge in [0, 0.05) is 5.69 Å². The minimum atomic E-state index is -3.84. The Balaban J connectivity index is 1.70. The van der Waals surface area contributed by atoms with Crippen LogP contribution in [0, 0.1) is 11.3 Å². The van der Waals surface area contributed by atoms with Crippen LogP contribution in [0.25, 0.3) is 0 Å². The maximum Gasteiger partial charge on any atom is 0.310 e. The molecule has 164 valence electrons. The third-order valence-electron chi connectivity index (χ3n) is 4.31. The first-order valence-corrected chi connectivity index (χ1v) is 11.4. The van der Waals surface area contributed by atoms with E-state index in [2.05, 4.69) is 4.72 Å². The minimum Gasteiger partial charge on any atom is -0.466 e. The van der Waals surface area contributed by atoms with Crippen LogP contribution in [0.5, 0.6) is 11.5 Å². The number of ether oxygens (including phenoxy) is 2. The zero-order valence-electron chi connectivity index (χ0n) is 17.0. The standard InChI is InChI=1S/C23H19ClN2O5S/c1-2-30-23(27)14-16-6-8-17(9-7-16)26-32(28,29)19-12-10-18(11-13-19)31-22-5-3-4-21(24)20(22)15-25/h3-13,26H,2,14H2,1H3. The van der Waals surface area contributed by atoms with E-state index in [-0.39, 0.29) is 33.6 Å². The van der Waals surface area contributed by atoms with Crippen LogP contribution in [-0.4, -0.2) is 21.0 Å². The molecular weight excluding hydrogens is 452 g/mol. The van der Waals surface area contributed by atoms with Crippen LogP contribution in [0.2, 0.25) is 5.02 Å². The maximum atomic E-state index is 12.7. The van der Waals surface area contributed by atoms with E-state index in [1.165, 1.54) is 24.3 Å². The second kappa shape index (κ2) is 10.2. The monoisotopic (exact) mass is 470 g/mol. The Hall–Kier alpha value is -3.54. The Labute approximate surface area is 191 Å². The molecule has 0 unspecified atom stereocenters. The van der Waals surface area contributed by atoms with Crippen molar-refractivity contribution in [3.63, 3.8) is 0 Å². The van der Waals surface area contributed by atoms with Gasteiger partial charge in [-0.3, -0.25) is 9.52 Å². The molecule has 3 rings (SSSR count). The molecule has 3 aromatic rings. The maximum absolute atomic E-state index is 12.7. The van der Waals surface area contributed by atoms with Crippen molar-refractivity contribution in [3.05, 3.63) is 82.9 Å². The summed E-state index contributed by atoms with van der Waals surface area (Å²) in [5.41, 5.74) is 1.26. The van der Waals surface area contributed by atoms with E-state index in [0.29, 0.717) is 23.6 Å². The fourth-order valence-corrected chi connectivity index (χ4v) is 4.06. The molecule has 0 atom stereocenters. The second-order valence-electron chi connectivity index (χ2n) is 6.58. The summed E-state index contributed by atoms with van der Waals surface area (Å²) < 4.78 is 38.4. The molecule has 32 heavy (non-hydrogen) atoms. The highest BCUT2D eigenvalue weighted by Crippen LogP contribution is 2.30. The van der Waals surface area contributed by atoms with Crippen molar-refractivity contribution >= 4 is 33.3 Å². The first-order chi connectivity index (χ1) is 15.3. The van der Waals surface area contributed by atoms with Crippen LogP contribution >= 0.6 is 11.6 Å².